The summed E-state index contributed by atoms with van der Waals surface area (Å²) in [7, 11) is 7.20. The minimum absolute atomic E-state index is 1.01. The van der Waals surface area contributed by atoms with Crippen molar-refractivity contribution in [3.05, 3.63) is 0 Å². The van der Waals surface area contributed by atoms with Crippen molar-refractivity contribution in [3.63, 3.8) is 0 Å². The van der Waals surface area contributed by atoms with Crippen LogP contribution in [0.25, 0.3) is 0 Å². The summed E-state index contributed by atoms with van der Waals surface area (Å²) < 4.78 is 0. The monoisotopic (exact) mass is 502 g/mol. The first-order valence-corrected chi connectivity index (χ1v) is 24.0. The predicted molar refractivity (Wildman–Crippen MR) is 129 cm³/mol. The molecule has 0 aromatic rings. The third-order valence-corrected chi connectivity index (χ3v) is 43.1. The molecular weight excluding hydrogens is 473 g/mol. The maximum absolute atomic E-state index is 4.36. The molecule has 0 radical (unpaired) electrons. The van der Waals surface area contributed by atoms with Gasteiger partial charge in [0.2, 0.25) is 0 Å². The van der Waals surface area contributed by atoms with Crippen LogP contribution in [0, 0.1) is 0 Å². The van der Waals surface area contributed by atoms with Crippen molar-refractivity contribution in [2.75, 3.05) is 46.0 Å². The first-order chi connectivity index (χ1) is 10.2. The topological polar surface area (TPSA) is 0 Å². The van der Waals surface area contributed by atoms with E-state index in [1.807, 2.05) is 0 Å². The Balaban J connectivity index is 4.52. The van der Waals surface area contributed by atoms with Gasteiger partial charge in [0.25, 0.3) is 0 Å². The Labute approximate surface area is 169 Å². The molecule has 21 heavy (non-hydrogen) atoms. The fourth-order valence-corrected chi connectivity index (χ4v) is 41.9. The molecule has 0 rings (SSSR count). The van der Waals surface area contributed by atoms with Crippen molar-refractivity contribution >= 4 is 99.6 Å². The zero-order valence-corrected chi connectivity index (χ0v) is 21.3. The SMILES string of the molecule is SCCC[S][Ge]([S]CCCS)([S]CCCS)[S]CCCS. The van der Waals surface area contributed by atoms with Gasteiger partial charge in [-0.15, -0.1) is 0 Å². The summed E-state index contributed by atoms with van der Waals surface area (Å²) in [6, 6.07) is 0. The molecular formula is C12H28GeS8. The zero-order chi connectivity index (χ0) is 15.8. The Kier molecular flexibility index (Phi) is 21.0. The molecule has 0 aliphatic heterocycles. The van der Waals surface area contributed by atoms with E-state index in [1.165, 1.54) is 48.7 Å². The standard InChI is InChI=1S/C12H28GeS8/c14-5-1-9-18-13(19-10-2-6-15,20-11-3-7-16)21-12-4-8-17/h14-17H,1-12H2. The molecule has 0 unspecified atom stereocenters. The molecule has 0 saturated carbocycles. The number of hydrogen-bond donors (Lipinski definition) is 4. The van der Waals surface area contributed by atoms with Crippen LogP contribution in [0.15, 0.2) is 0 Å². The van der Waals surface area contributed by atoms with Crippen LogP contribution in [0.3, 0.4) is 0 Å². The van der Waals surface area contributed by atoms with E-state index in [2.05, 4.69) is 90.9 Å². The van der Waals surface area contributed by atoms with Gasteiger partial charge < -0.3 is 0 Å². The minimum atomic E-state index is -1.99. The predicted octanol–water partition coefficient (Wildman–Crippen LogP) is 5.63. The molecule has 0 aliphatic rings. The number of hydrogen-bond acceptors (Lipinski definition) is 8. The second-order valence-electron chi connectivity index (χ2n) is 4.20. The van der Waals surface area contributed by atoms with Gasteiger partial charge in [-0.3, -0.25) is 0 Å². The molecule has 0 atom stereocenters. The number of rotatable bonds is 16. The van der Waals surface area contributed by atoms with Gasteiger partial charge in [-0.05, 0) is 0 Å². The summed E-state index contributed by atoms with van der Waals surface area (Å²) in [6.07, 6.45) is 4.92. The van der Waals surface area contributed by atoms with Crippen LogP contribution < -0.4 is 0 Å². The van der Waals surface area contributed by atoms with E-state index in [9.17, 15) is 0 Å². The summed E-state index contributed by atoms with van der Waals surface area (Å²) in [5.74, 6) is 9.14. The maximum atomic E-state index is 4.36. The van der Waals surface area contributed by atoms with Gasteiger partial charge in [0.05, 0.1) is 0 Å². The molecule has 0 fully saturated rings. The molecule has 0 aromatic carbocycles. The van der Waals surface area contributed by atoms with E-state index in [1.54, 1.807) is 0 Å². The van der Waals surface area contributed by atoms with Crippen LogP contribution >= 0.6 is 90.9 Å². The van der Waals surface area contributed by atoms with Crippen LogP contribution in [-0.4, -0.2) is 54.7 Å². The van der Waals surface area contributed by atoms with Crippen molar-refractivity contribution < 1.29 is 0 Å². The summed E-state index contributed by atoms with van der Waals surface area (Å²) in [5.41, 5.74) is 0. The summed E-state index contributed by atoms with van der Waals surface area (Å²) in [5, 5.41) is 0. The molecule has 0 aliphatic carbocycles. The van der Waals surface area contributed by atoms with Crippen molar-refractivity contribution in [1.82, 2.24) is 0 Å². The van der Waals surface area contributed by atoms with Gasteiger partial charge in [0.15, 0.2) is 0 Å². The van der Waals surface area contributed by atoms with E-state index in [0.717, 1.165) is 23.0 Å². The summed E-state index contributed by atoms with van der Waals surface area (Å²) >= 11 is 17.5. The van der Waals surface area contributed by atoms with Gasteiger partial charge >= 0.3 is 171 Å². The molecule has 0 saturated heterocycles. The molecule has 0 amide bonds. The fraction of sp³-hybridized carbons (Fsp3) is 1.00. The van der Waals surface area contributed by atoms with E-state index in [-0.39, 0.29) is 0 Å². The molecule has 0 nitrogen and oxygen atoms in total. The zero-order valence-electron chi connectivity index (χ0n) is 12.4. The van der Waals surface area contributed by atoms with E-state index < -0.39 is 8.70 Å². The van der Waals surface area contributed by atoms with Crippen LogP contribution in [0.4, 0.5) is 0 Å². The average molecular weight is 502 g/mol. The Morgan fingerprint density at radius 1 is 0.476 bits per heavy atom. The van der Waals surface area contributed by atoms with Gasteiger partial charge in [0, 0.05) is 0 Å². The van der Waals surface area contributed by atoms with Crippen LogP contribution in [0.1, 0.15) is 25.7 Å². The van der Waals surface area contributed by atoms with Gasteiger partial charge in [-0.25, -0.2) is 0 Å². The van der Waals surface area contributed by atoms with Gasteiger partial charge in [0.1, 0.15) is 0 Å². The first kappa shape index (κ1) is 24.3. The third-order valence-electron chi connectivity index (χ3n) is 2.33. The van der Waals surface area contributed by atoms with E-state index in [0.29, 0.717) is 0 Å². The van der Waals surface area contributed by atoms with Crippen molar-refractivity contribution in [3.8, 4) is 0 Å². The molecule has 0 aromatic heterocycles. The van der Waals surface area contributed by atoms with Crippen molar-refractivity contribution in [2.45, 2.75) is 25.7 Å². The van der Waals surface area contributed by atoms with Gasteiger partial charge in [-0.1, -0.05) is 0 Å². The second-order valence-corrected chi connectivity index (χ2v) is 38.9. The van der Waals surface area contributed by atoms with E-state index >= 15 is 0 Å². The fourth-order valence-electron chi connectivity index (χ4n) is 1.30. The van der Waals surface area contributed by atoms with Crippen LogP contribution in [0.2, 0.25) is 0 Å². The molecule has 128 valence electrons. The van der Waals surface area contributed by atoms with Crippen LogP contribution in [0.5, 0.6) is 0 Å². The normalized spacial score (nSPS) is 12.0. The molecule has 0 heterocycles. The third kappa shape index (κ3) is 14.2. The van der Waals surface area contributed by atoms with Gasteiger partial charge in [-0.2, -0.15) is 0 Å². The second kappa shape index (κ2) is 18.1. The summed E-state index contributed by atoms with van der Waals surface area (Å²) in [4.78, 5) is 0. The van der Waals surface area contributed by atoms with Crippen molar-refractivity contribution in [2.24, 2.45) is 0 Å². The Bertz CT molecular complexity index is 174. The van der Waals surface area contributed by atoms with Crippen LogP contribution in [-0.2, 0) is 0 Å². The average Bonchev–Trinajstić information content (AvgIpc) is 2.48. The summed E-state index contributed by atoms with van der Waals surface area (Å²) in [6.45, 7) is 0. The first-order valence-electron chi connectivity index (χ1n) is 7.24. The number of thiol groups is 4. The molecule has 0 bridgehead atoms. The van der Waals surface area contributed by atoms with E-state index in [4.69, 9.17) is 0 Å². The molecule has 0 spiro atoms. The quantitative estimate of drug-likeness (QED) is 0.123. The van der Waals surface area contributed by atoms with Crippen molar-refractivity contribution in [1.29, 1.82) is 0 Å². The Morgan fingerprint density at radius 3 is 0.905 bits per heavy atom. The molecule has 0 N–H and O–H groups in total. The molecule has 9 heteroatoms. The Morgan fingerprint density at radius 2 is 0.714 bits per heavy atom. The Hall–Kier alpha value is 3.34.